The van der Waals surface area contributed by atoms with Gasteiger partial charge in [0.15, 0.2) is 0 Å². The molecule has 2 heteroatoms. The molecule has 1 saturated heterocycles. The van der Waals surface area contributed by atoms with E-state index < -0.39 is 0 Å². The second kappa shape index (κ2) is 2.46. The van der Waals surface area contributed by atoms with Crippen LogP contribution in [0.3, 0.4) is 0 Å². The number of epoxide rings is 1. The molecule has 1 saturated carbocycles. The van der Waals surface area contributed by atoms with E-state index in [-0.39, 0.29) is 12.2 Å². The van der Waals surface area contributed by atoms with Gasteiger partial charge < -0.3 is 9.84 Å². The van der Waals surface area contributed by atoms with Crippen LogP contribution in [0, 0.1) is 11.3 Å². The molecule has 4 atom stereocenters. The molecule has 2 rings (SSSR count). The van der Waals surface area contributed by atoms with E-state index in [2.05, 4.69) is 20.8 Å². The SMILES string of the molecule is CC(C)(C)[C@@H]1C[C@@H](O)[C@@H]2O[C@@H]2C1. The highest BCUT2D eigenvalue weighted by atomic mass is 16.6. The van der Waals surface area contributed by atoms with Crippen LogP contribution in [-0.4, -0.2) is 23.4 Å². The van der Waals surface area contributed by atoms with Crippen LogP contribution in [0.5, 0.6) is 0 Å². The predicted octanol–water partition coefficient (Wildman–Crippen LogP) is 1.57. The molecule has 70 valence electrons. The van der Waals surface area contributed by atoms with E-state index in [9.17, 15) is 5.11 Å². The Labute approximate surface area is 73.9 Å². The molecule has 2 aliphatic rings. The summed E-state index contributed by atoms with van der Waals surface area (Å²) in [6.45, 7) is 6.73. The molecular formula is C10H18O2. The largest absolute Gasteiger partial charge is 0.390 e. The van der Waals surface area contributed by atoms with Crippen molar-refractivity contribution in [3.05, 3.63) is 0 Å². The lowest BCUT2D eigenvalue weighted by Crippen LogP contribution is -2.34. The van der Waals surface area contributed by atoms with Gasteiger partial charge in [-0.15, -0.1) is 0 Å². The van der Waals surface area contributed by atoms with Crippen molar-refractivity contribution < 1.29 is 9.84 Å². The van der Waals surface area contributed by atoms with Crippen LogP contribution in [0.4, 0.5) is 0 Å². The van der Waals surface area contributed by atoms with Gasteiger partial charge >= 0.3 is 0 Å². The van der Waals surface area contributed by atoms with Crippen LogP contribution in [0.1, 0.15) is 33.6 Å². The van der Waals surface area contributed by atoms with Gasteiger partial charge in [0.25, 0.3) is 0 Å². The summed E-state index contributed by atoms with van der Waals surface area (Å²) in [5, 5.41) is 9.63. The summed E-state index contributed by atoms with van der Waals surface area (Å²) in [6, 6.07) is 0. The topological polar surface area (TPSA) is 32.8 Å². The summed E-state index contributed by atoms with van der Waals surface area (Å²) in [4.78, 5) is 0. The van der Waals surface area contributed by atoms with E-state index in [0.717, 1.165) is 12.8 Å². The molecule has 12 heavy (non-hydrogen) atoms. The first kappa shape index (κ1) is 8.52. The fourth-order valence-corrected chi connectivity index (χ4v) is 2.19. The fraction of sp³-hybridized carbons (Fsp3) is 1.00. The number of aliphatic hydroxyl groups excluding tert-OH is 1. The van der Waals surface area contributed by atoms with Crippen LogP contribution >= 0.6 is 0 Å². The minimum Gasteiger partial charge on any atom is -0.390 e. The first-order chi connectivity index (χ1) is 5.48. The maximum absolute atomic E-state index is 9.63. The summed E-state index contributed by atoms with van der Waals surface area (Å²) in [5.41, 5.74) is 0.317. The number of ether oxygens (including phenoxy) is 1. The zero-order chi connectivity index (χ0) is 8.93. The van der Waals surface area contributed by atoms with Crippen molar-refractivity contribution in [1.29, 1.82) is 0 Å². The fourth-order valence-electron chi connectivity index (χ4n) is 2.19. The van der Waals surface area contributed by atoms with Gasteiger partial charge in [-0.1, -0.05) is 20.8 Å². The number of hydrogen-bond acceptors (Lipinski definition) is 2. The van der Waals surface area contributed by atoms with Gasteiger partial charge in [-0.25, -0.2) is 0 Å². The Kier molecular flexibility index (Phi) is 1.74. The van der Waals surface area contributed by atoms with Crippen molar-refractivity contribution in [2.24, 2.45) is 11.3 Å². The van der Waals surface area contributed by atoms with E-state index in [4.69, 9.17) is 4.74 Å². The van der Waals surface area contributed by atoms with Crippen LogP contribution in [0.15, 0.2) is 0 Å². The number of fused-ring (bicyclic) bond motifs is 1. The second-order valence-electron chi connectivity index (χ2n) is 5.24. The van der Waals surface area contributed by atoms with Gasteiger partial charge in [0.05, 0.1) is 12.2 Å². The van der Waals surface area contributed by atoms with E-state index in [0.29, 0.717) is 17.4 Å². The summed E-state index contributed by atoms with van der Waals surface area (Å²) in [5.74, 6) is 0.622. The zero-order valence-corrected chi connectivity index (χ0v) is 8.08. The van der Waals surface area contributed by atoms with Gasteiger partial charge in [0.1, 0.15) is 6.10 Å². The van der Waals surface area contributed by atoms with Crippen molar-refractivity contribution in [2.75, 3.05) is 0 Å². The molecule has 0 aromatic heterocycles. The normalized spacial score (nSPS) is 47.0. The van der Waals surface area contributed by atoms with Crippen molar-refractivity contribution in [3.8, 4) is 0 Å². The maximum atomic E-state index is 9.63. The molecule has 0 aromatic carbocycles. The molecule has 0 spiro atoms. The smallest absolute Gasteiger partial charge is 0.110 e. The molecule has 1 N–H and O–H groups in total. The van der Waals surface area contributed by atoms with Crippen LogP contribution in [0.25, 0.3) is 0 Å². The number of hydrogen-bond donors (Lipinski definition) is 1. The first-order valence-electron chi connectivity index (χ1n) is 4.82. The van der Waals surface area contributed by atoms with Crippen molar-refractivity contribution >= 4 is 0 Å². The Balaban J connectivity index is 2.01. The van der Waals surface area contributed by atoms with E-state index in [1.807, 2.05) is 0 Å². The lowest BCUT2D eigenvalue weighted by Gasteiger charge is -2.34. The third kappa shape index (κ3) is 1.38. The van der Waals surface area contributed by atoms with Crippen LogP contribution < -0.4 is 0 Å². The summed E-state index contributed by atoms with van der Waals surface area (Å²) < 4.78 is 5.37. The van der Waals surface area contributed by atoms with E-state index in [1.54, 1.807) is 0 Å². The molecule has 1 aliphatic carbocycles. The van der Waals surface area contributed by atoms with Gasteiger partial charge in [0.2, 0.25) is 0 Å². The zero-order valence-electron chi connectivity index (χ0n) is 8.08. The molecule has 0 radical (unpaired) electrons. The van der Waals surface area contributed by atoms with Crippen molar-refractivity contribution in [1.82, 2.24) is 0 Å². The minimum atomic E-state index is -0.201. The van der Waals surface area contributed by atoms with Crippen LogP contribution in [0.2, 0.25) is 0 Å². The molecule has 0 bridgehead atoms. The standard InChI is InChI=1S/C10H18O2/c1-10(2,3)6-4-7(11)9-8(5-6)12-9/h6-9,11H,4-5H2,1-3H3/t6-,7-,8-,9+/m1/s1. The Morgan fingerprint density at radius 2 is 1.92 bits per heavy atom. The first-order valence-corrected chi connectivity index (χ1v) is 4.82. The van der Waals surface area contributed by atoms with E-state index in [1.165, 1.54) is 0 Å². The third-order valence-corrected chi connectivity index (χ3v) is 3.27. The summed E-state index contributed by atoms with van der Waals surface area (Å²) in [6.07, 6.45) is 2.42. The molecular weight excluding hydrogens is 152 g/mol. The highest BCUT2D eigenvalue weighted by Gasteiger charge is 2.51. The molecule has 2 fully saturated rings. The summed E-state index contributed by atoms with van der Waals surface area (Å²) >= 11 is 0. The lowest BCUT2D eigenvalue weighted by atomic mass is 9.72. The molecule has 0 amide bonds. The van der Waals surface area contributed by atoms with E-state index >= 15 is 0 Å². The monoisotopic (exact) mass is 170 g/mol. The average Bonchev–Trinajstić information content (AvgIpc) is 2.63. The van der Waals surface area contributed by atoms with Crippen molar-refractivity contribution in [2.45, 2.75) is 51.9 Å². The van der Waals surface area contributed by atoms with Gasteiger partial charge in [-0.3, -0.25) is 0 Å². The average molecular weight is 170 g/mol. The molecule has 0 unspecified atom stereocenters. The highest BCUT2D eigenvalue weighted by Crippen LogP contribution is 2.45. The Morgan fingerprint density at radius 1 is 1.25 bits per heavy atom. The molecule has 0 aromatic rings. The number of rotatable bonds is 0. The molecule has 1 heterocycles. The quantitative estimate of drug-likeness (QED) is 0.560. The Morgan fingerprint density at radius 3 is 2.42 bits per heavy atom. The van der Waals surface area contributed by atoms with Gasteiger partial charge in [0, 0.05) is 0 Å². The summed E-state index contributed by atoms with van der Waals surface area (Å²) in [7, 11) is 0. The number of aliphatic hydroxyl groups is 1. The van der Waals surface area contributed by atoms with Crippen molar-refractivity contribution in [3.63, 3.8) is 0 Å². The molecule has 2 nitrogen and oxygen atoms in total. The predicted molar refractivity (Wildman–Crippen MR) is 46.8 cm³/mol. The van der Waals surface area contributed by atoms with Gasteiger partial charge in [-0.05, 0) is 24.2 Å². The lowest BCUT2D eigenvalue weighted by molar-refractivity contribution is 0.0707. The second-order valence-corrected chi connectivity index (χ2v) is 5.24. The highest BCUT2D eigenvalue weighted by molar-refractivity contribution is 4.99. The molecule has 1 aliphatic heterocycles. The third-order valence-electron chi connectivity index (χ3n) is 3.27. The van der Waals surface area contributed by atoms with Crippen LogP contribution in [-0.2, 0) is 4.74 Å². The maximum Gasteiger partial charge on any atom is 0.110 e. The minimum absolute atomic E-state index is 0.184. The Bertz CT molecular complexity index is 183. The van der Waals surface area contributed by atoms with Gasteiger partial charge in [-0.2, -0.15) is 0 Å². The Hall–Kier alpha value is -0.0800.